The Labute approximate surface area is 108 Å². The summed E-state index contributed by atoms with van der Waals surface area (Å²) in [4.78, 5) is 8.53. The molecular formula is C13H21N3O2. The van der Waals surface area contributed by atoms with Crippen molar-refractivity contribution in [2.24, 2.45) is 0 Å². The van der Waals surface area contributed by atoms with E-state index >= 15 is 0 Å². The Morgan fingerprint density at radius 3 is 3.06 bits per heavy atom. The third-order valence-electron chi connectivity index (χ3n) is 3.18. The Bertz CT molecular complexity index is 354. The van der Waals surface area contributed by atoms with E-state index in [1.807, 2.05) is 6.07 Å². The van der Waals surface area contributed by atoms with Gasteiger partial charge in [-0.1, -0.05) is 0 Å². The van der Waals surface area contributed by atoms with Crippen LogP contribution in [0.1, 0.15) is 37.3 Å². The third-order valence-corrected chi connectivity index (χ3v) is 3.18. The molecule has 1 atom stereocenters. The van der Waals surface area contributed by atoms with Crippen LogP contribution in [0.2, 0.25) is 0 Å². The average Bonchev–Trinajstić information content (AvgIpc) is 2.93. The summed E-state index contributed by atoms with van der Waals surface area (Å²) in [5.74, 6) is 1.30. The SMILES string of the molecule is OCCCCCNc1cc(C2CCOC2)ncn1. The number of nitrogens with zero attached hydrogens (tertiary/aromatic N) is 2. The van der Waals surface area contributed by atoms with Crippen molar-refractivity contribution in [3.63, 3.8) is 0 Å². The van der Waals surface area contributed by atoms with Crippen molar-refractivity contribution in [3.8, 4) is 0 Å². The number of hydrogen-bond acceptors (Lipinski definition) is 5. The van der Waals surface area contributed by atoms with Gasteiger partial charge in [0.1, 0.15) is 12.1 Å². The van der Waals surface area contributed by atoms with Crippen LogP contribution in [-0.2, 0) is 4.74 Å². The van der Waals surface area contributed by atoms with Gasteiger partial charge in [0.15, 0.2) is 0 Å². The van der Waals surface area contributed by atoms with E-state index < -0.39 is 0 Å². The molecule has 1 fully saturated rings. The van der Waals surface area contributed by atoms with Gasteiger partial charge in [0, 0.05) is 31.7 Å². The van der Waals surface area contributed by atoms with Crippen LogP contribution in [-0.4, -0.2) is 41.4 Å². The normalized spacial score (nSPS) is 19.1. The lowest BCUT2D eigenvalue weighted by Crippen LogP contribution is -2.07. The summed E-state index contributed by atoms with van der Waals surface area (Å²) in [5, 5.41) is 12.0. The minimum atomic E-state index is 0.277. The predicted molar refractivity (Wildman–Crippen MR) is 69.6 cm³/mol. The maximum atomic E-state index is 8.69. The fraction of sp³-hybridized carbons (Fsp3) is 0.692. The maximum absolute atomic E-state index is 8.69. The maximum Gasteiger partial charge on any atom is 0.129 e. The van der Waals surface area contributed by atoms with Gasteiger partial charge in [-0.05, 0) is 25.7 Å². The number of aliphatic hydroxyl groups is 1. The Balaban J connectivity index is 1.79. The van der Waals surface area contributed by atoms with Crippen LogP contribution < -0.4 is 5.32 Å². The van der Waals surface area contributed by atoms with Gasteiger partial charge in [-0.3, -0.25) is 0 Å². The molecule has 1 saturated heterocycles. The van der Waals surface area contributed by atoms with E-state index in [1.165, 1.54) is 0 Å². The van der Waals surface area contributed by atoms with E-state index in [9.17, 15) is 0 Å². The number of ether oxygens (including phenoxy) is 1. The zero-order valence-electron chi connectivity index (χ0n) is 10.6. The molecular weight excluding hydrogens is 230 g/mol. The summed E-state index contributed by atoms with van der Waals surface area (Å²) in [7, 11) is 0. The number of unbranched alkanes of at least 4 members (excludes halogenated alkanes) is 2. The van der Waals surface area contributed by atoms with E-state index in [2.05, 4.69) is 15.3 Å². The lowest BCUT2D eigenvalue weighted by Gasteiger charge is -2.09. The van der Waals surface area contributed by atoms with Gasteiger partial charge < -0.3 is 15.2 Å². The van der Waals surface area contributed by atoms with Crippen molar-refractivity contribution in [2.45, 2.75) is 31.6 Å². The molecule has 100 valence electrons. The highest BCUT2D eigenvalue weighted by Gasteiger charge is 2.19. The Morgan fingerprint density at radius 2 is 2.28 bits per heavy atom. The van der Waals surface area contributed by atoms with Crippen LogP contribution in [0.25, 0.3) is 0 Å². The lowest BCUT2D eigenvalue weighted by molar-refractivity contribution is 0.193. The van der Waals surface area contributed by atoms with Crippen LogP contribution in [0.5, 0.6) is 0 Å². The fourth-order valence-corrected chi connectivity index (χ4v) is 2.09. The molecule has 1 aromatic rings. The van der Waals surface area contributed by atoms with E-state index in [4.69, 9.17) is 9.84 Å². The van der Waals surface area contributed by atoms with Gasteiger partial charge in [0.25, 0.3) is 0 Å². The predicted octanol–water partition coefficient (Wildman–Crippen LogP) is 1.55. The van der Waals surface area contributed by atoms with Crippen LogP contribution in [0, 0.1) is 0 Å². The van der Waals surface area contributed by atoms with Crippen LogP contribution in [0.15, 0.2) is 12.4 Å². The van der Waals surface area contributed by atoms with E-state index in [0.29, 0.717) is 5.92 Å². The minimum absolute atomic E-state index is 0.277. The first kappa shape index (κ1) is 13.2. The monoisotopic (exact) mass is 251 g/mol. The molecule has 1 aliphatic heterocycles. The molecule has 0 aromatic carbocycles. The number of nitrogens with one attached hydrogen (secondary N) is 1. The second-order valence-corrected chi connectivity index (χ2v) is 4.60. The van der Waals surface area contributed by atoms with Gasteiger partial charge >= 0.3 is 0 Å². The number of anilines is 1. The van der Waals surface area contributed by atoms with Crippen molar-refractivity contribution in [1.82, 2.24) is 9.97 Å². The molecule has 0 bridgehead atoms. The lowest BCUT2D eigenvalue weighted by atomic mass is 10.1. The summed E-state index contributed by atoms with van der Waals surface area (Å²) in [6.07, 6.45) is 5.62. The Morgan fingerprint density at radius 1 is 1.33 bits per heavy atom. The van der Waals surface area contributed by atoms with Crippen LogP contribution in [0.4, 0.5) is 5.82 Å². The standard InChI is InChI=1S/C13H21N3O2/c17-6-3-1-2-5-14-13-8-12(15-10-16-13)11-4-7-18-9-11/h8,10-11,17H,1-7,9H2,(H,14,15,16). The molecule has 2 N–H and O–H groups in total. The molecule has 0 radical (unpaired) electrons. The molecule has 5 nitrogen and oxygen atoms in total. The molecule has 18 heavy (non-hydrogen) atoms. The molecule has 0 saturated carbocycles. The number of aromatic nitrogens is 2. The van der Waals surface area contributed by atoms with Gasteiger partial charge in [-0.2, -0.15) is 0 Å². The molecule has 2 rings (SSSR count). The van der Waals surface area contributed by atoms with E-state index in [0.717, 1.165) is 57.0 Å². The largest absolute Gasteiger partial charge is 0.396 e. The molecule has 1 aromatic heterocycles. The van der Waals surface area contributed by atoms with Crippen molar-refractivity contribution in [2.75, 3.05) is 31.7 Å². The summed E-state index contributed by atoms with van der Waals surface area (Å²) in [6, 6.07) is 2.02. The first-order chi connectivity index (χ1) is 8.90. The topological polar surface area (TPSA) is 67.3 Å². The third kappa shape index (κ3) is 3.92. The summed E-state index contributed by atoms with van der Waals surface area (Å²) >= 11 is 0. The highest BCUT2D eigenvalue weighted by molar-refractivity contribution is 5.35. The molecule has 0 aliphatic carbocycles. The molecule has 1 unspecified atom stereocenters. The molecule has 1 aliphatic rings. The second kappa shape index (κ2) is 7.28. The van der Waals surface area contributed by atoms with Gasteiger partial charge in [-0.25, -0.2) is 9.97 Å². The van der Waals surface area contributed by atoms with Gasteiger partial charge in [-0.15, -0.1) is 0 Å². The Kier molecular flexibility index (Phi) is 5.36. The highest BCUT2D eigenvalue weighted by Crippen LogP contribution is 2.24. The summed E-state index contributed by atoms with van der Waals surface area (Å²) in [5.41, 5.74) is 1.07. The Hall–Kier alpha value is -1.20. The van der Waals surface area contributed by atoms with E-state index in [-0.39, 0.29) is 6.61 Å². The molecule has 0 amide bonds. The minimum Gasteiger partial charge on any atom is -0.396 e. The average molecular weight is 251 g/mol. The highest BCUT2D eigenvalue weighted by atomic mass is 16.5. The van der Waals surface area contributed by atoms with Crippen LogP contribution in [0.3, 0.4) is 0 Å². The van der Waals surface area contributed by atoms with Gasteiger partial charge in [0.2, 0.25) is 0 Å². The van der Waals surface area contributed by atoms with Crippen molar-refractivity contribution >= 4 is 5.82 Å². The zero-order valence-corrected chi connectivity index (χ0v) is 10.6. The smallest absolute Gasteiger partial charge is 0.129 e. The number of rotatable bonds is 7. The summed E-state index contributed by atoms with van der Waals surface area (Å²) < 4.78 is 5.37. The molecule has 5 heteroatoms. The quantitative estimate of drug-likeness (QED) is 0.720. The number of aliphatic hydroxyl groups excluding tert-OH is 1. The van der Waals surface area contributed by atoms with Crippen LogP contribution >= 0.6 is 0 Å². The zero-order chi connectivity index (χ0) is 12.6. The summed E-state index contributed by atoms with van der Waals surface area (Å²) in [6.45, 7) is 2.77. The van der Waals surface area contributed by atoms with Crippen molar-refractivity contribution in [1.29, 1.82) is 0 Å². The number of hydrogen-bond donors (Lipinski definition) is 2. The first-order valence-electron chi connectivity index (χ1n) is 6.64. The fourth-order valence-electron chi connectivity index (χ4n) is 2.09. The second-order valence-electron chi connectivity index (χ2n) is 4.60. The van der Waals surface area contributed by atoms with Gasteiger partial charge in [0.05, 0.1) is 12.3 Å². The first-order valence-corrected chi connectivity index (χ1v) is 6.64. The molecule has 0 spiro atoms. The molecule has 2 heterocycles. The van der Waals surface area contributed by atoms with E-state index in [1.54, 1.807) is 6.33 Å². The van der Waals surface area contributed by atoms with Crippen molar-refractivity contribution in [3.05, 3.63) is 18.1 Å². The van der Waals surface area contributed by atoms with Crippen molar-refractivity contribution < 1.29 is 9.84 Å².